The number of nitrogens with zero attached hydrogens (tertiary/aromatic N) is 1. The van der Waals surface area contributed by atoms with Gasteiger partial charge in [-0.15, -0.1) is 0 Å². The lowest BCUT2D eigenvalue weighted by Crippen LogP contribution is -2.41. The van der Waals surface area contributed by atoms with Gasteiger partial charge in [-0.2, -0.15) is 0 Å². The van der Waals surface area contributed by atoms with Crippen LogP contribution in [0, 0.1) is 0 Å². The van der Waals surface area contributed by atoms with Crippen molar-refractivity contribution in [3.63, 3.8) is 0 Å². The molecule has 0 spiro atoms. The third-order valence-electron chi connectivity index (χ3n) is 3.67. The molecule has 1 aliphatic heterocycles. The van der Waals surface area contributed by atoms with E-state index >= 15 is 0 Å². The average molecular weight is 321 g/mol. The molecule has 128 valence electrons. The standard InChI is InChI=1S/C17H27N3O3/c1-18-17(20-13-16-8-4-10-23-16)19-9-5-11-22-15-7-3-6-14(12-15)21-2/h3,6-7,12,16H,4-5,8-11,13H2,1-2H3,(H2,18,19,20). The minimum absolute atomic E-state index is 0.310. The molecule has 1 aromatic rings. The van der Waals surface area contributed by atoms with Gasteiger partial charge in [-0.3, -0.25) is 4.99 Å². The van der Waals surface area contributed by atoms with Crippen molar-refractivity contribution in [3.8, 4) is 11.5 Å². The number of methoxy groups -OCH3 is 1. The highest BCUT2D eigenvalue weighted by molar-refractivity contribution is 5.79. The number of guanidine groups is 1. The van der Waals surface area contributed by atoms with Gasteiger partial charge >= 0.3 is 0 Å². The fraction of sp³-hybridized carbons (Fsp3) is 0.588. The lowest BCUT2D eigenvalue weighted by atomic mass is 10.2. The normalized spacial score (nSPS) is 17.8. The summed E-state index contributed by atoms with van der Waals surface area (Å²) in [5.74, 6) is 2.44. The Kier molecular flexibility index (Phi) is 7.52. The van der Waals surface area contributed by atoms with Crippen LogP contribution in [0.15, 0.2) is 29.3 Å². The zero-order valence-corrected chi connectivity index (χ0v) is 14.0. The Bertz CT molecular complexity index is 488. The zero-order valence-electron chi connectivity index (χ0n) is 14.0. The molecule has 0 radical (unpaired) electrons. The van der Waals surface area contributed by atoms with E-state index in [4.69, 9.17) is 14.2 Å². The SMILES string of the molecule is CN=C(NCCCOc1cccc(OC)c1)NCC1CCCO1. The van der Waals surface area contributed by atoms with Crippen molar-refractivity contribution in [1.82, 2.24) is 10.6 Å². The summed E-state index contributed by atoms with van der Waals surface area (Å²) < 4.78 is 16.5. The molecule has 6 nitrogen and oxygen atoms in total. The molecule has 1 heterocycles. The lowest BCUT2D eigenvalue weighted by molar-refractivity contribution is 0.114. The fourth-order valence-electron chi connectivity index (χ4n) is 2.40. The Morgan fingerprint density at radius 2 is 2.22 bits per heavy atom. The van der Waals surface area contributed by atoms with Crippen molar-refractivity contribution >= 4 is 5.96 Å². The minimum atomic E-state index is 0.310. The van der Waals surface area contributed by atoms with E-state index in [-0.39, 0.29) is 0 Å². The Labute approximate surface area is 138 Å². The summed E-state index contributed by atoms with van der Waals surface area (Å²) in [5, 5.41) is 6.57. The Balaban J connectivity index is 1.57. The monoisotopic (exact) mass is 321 g/mol. The molecule has 2 rings (SSSR count). The van der Waals surface area contributed by atoms with Crippen LogP contribution in [0.4, 0.5) is 0 Å². The van der Waals surface area contributed by atoms with Gasteiger partial charge in [-0.05, 0) is 31.4 Å². The molecule has 0 aromatic heterocycles. The number of hydrogen-bond donors (Lipinski definition) is 2. The summed E-state index contributed by atoms with van der Waals surface area (Å²) in [6.07, 6.45) is 3.47. The van der Waals surface area contributed by atoms with Gasteiger partial charge in [-0.1, -0.05) is 6.07 Å². The van der Waals surface area contributed by atoms with Crippen LogP contribution in [0.5, 0.6) is 11.5 Å². The van der Waals surface area contributed by atoms with Crippen LogP contribution in [0.1, 0.15) is 19.3 Å². The number of hydrogen-bond acceptors (Lipinski definition) is 4. The first-order chi connectivity index (χ1) is 11.3. The molecule has 1 saturated heterocycles. The predicted molar refractivity (Wildman–Crippen MR) is 91.4 cm³/mol. The molecular formula is C17H27N3O3. The van der Waals surface area contributed by atoms with Gasteiger partial charge in [0.05, 0.1) is 19.8 Å². The van der Waals surface area contributed by atoms with Crippen LogP contribution in [-0.2, 0) is 4.74 Å². The highest BCUT2D eigenvalue weighted by Gasteiger charge is 2.15. The van der Waals surface area contributed by atoms with Gasteiger partial charge in [-0.25, -0.2) is 0 Å². The number of nitrogens with one attached hydrogen (secondary N) is 2. The maximum atomic E-state index is 5.70. The summed E-state index contributed by atoms with van der Waals surface area (Å²) in [4.78, 5) is 4.21. The molecule has 2 N–H and O–H groups in total. The maximum absolute atomic E-state index is 5.70. The van der Waals surface area contributed by atoms with Gasteiger partial charge in [0.15, 0.2) is 5.96 Å². The third-order valence-corrected chi connectivity index (χ3v) is 3.67. The number of aliphatic imine (C=N–C) groups is 1. The lowest BCUT2D eigenvalue weighted by Gasteiger charge is -2.15. The van der Waals surface area contributed by atoms with Crippen molar-refractivity contribution in [2.75, 3.05) is 40.5 Å². The van der Waals surface area contributed by atoms with Crippen LogP contribution < -0.4 is 20.1 Å². The second kappa shape index (κ2) is 9.94. The highest BCUT2D eigenvalue weighted by Crippen LogP contribution is 2.18. The van der Waals surface area contributed by atoms with Crippen molar-refractivity contribution < 1.29 is 14.2 Å². The quantitative estimate of drug-likeness (QED) is 0.434. The highest BCUT2D eigenvalue weighted by atomic mass is 16.5. The van der Waals surface area contributed by atoms with Gasteiger partial charge in [0, 0.05) is 32.8 Å². The zero-order chi connectivity index (χ0) is 16.3. The summed E-state index contributed by atoms with van der Waals surface area (Å²) in [7, 11) is 3.43. The van der Waals surface area contributed by atoms with E-state index < -0.39 is 0 Å². The van der Waals surface area contributed by atoms with Crippen LogP contribution in [0.3, 0.4) is 0 Å². The Morgan fingerprint density at radius 3 is 2.96 bits per heavy atom. The predicted octanol–water partition coefficient (Wildman–Crippen LogP) is 1.81. The van der Waals surface area contributed by atoms with Gasteiger partial charge in [0.1, 0.15) is 11.5 Å². The smallest absolute Gasteiger partial charge is 0.191 e. The van der Waals surface area contributed by atoms with Crippen molar-refractivity contribution in [1.29, 1.82) is 0 Å². The molecule has 0 amide bonds. The largest absolute Gasteiger partial charge is 0.497 e. The summed E-state index contributed by atoms with van der Waals surface area (Å²) in [6, 6.07) is 7.63. The van der Waals surface area contributed by atoms with Crippen molar-refractivity contribution in [2.45, 2.75) is 25.4 Å². The molecule has 1 unspecified atom stereocenters. The molecule has 1 fully saturated rings. The first-order valence-corrected chi connectivity index (χ1v) is 8.15. The molecule has 0 saturated carbocycles. The molecular weight excluding hydrogens is 294 g/mol. The summed E-state index contributed by atoms with van der Waals surface area (Å²) in [5.41, 5.74) is 0. The van der Waals surface area contributed by atoms with E-state index in [1.54, 1.807) is 14.2 Å². The van der Waals surface area contributed by atoms with Crippen LogP contribution in [-0.4, -0.2) is 52.5 Å². The Hall–Kier alpha value is -1.95. The third kappa shape index (κ3) is 6.36. The number of benzene rings is 1. The van der Waals surface area contributed by atoms with Crippen LogP contribution >= 0.6 is 0 Å². The van der Waals surface area contributed by atoms with Gasteiger partial charge < -0.3 is 24.8 Å². The molecule has 1 aromatic carbocycles. The second-order valence-corrected chi connectivity index (χ2v) is 5.40. The maximum Gasteiger partial charge on any atom is 0.191 e. The van der Waals surface area contributed by atoms with E-state index in [0.717, 1.165) is 56.4 Å². The molecule has 0 aliphatic carbocycles. The molecule has 6 heteroatoms. The number of ether oxygens (including phenoxy) is 3. The second-order valence-electron chi connectivity index (χ2n) is 5.40. The van der Waals surface area contributed by atoms with Crippen molar-refractivity contribution in [2.24, 2.45) is 4.99 Å². The van der Waals surface area contributed by atoms with E-state index in [0.29, 0.717) is 12.7 Å². The van der Waals surface area contributed by atoms with Crippen molar-refractivity contribution in [3.05, 3.63) is 24.3 Å². The van der Waals surface area contributed by atoms with Gasteiger partial charge in [0.2, 0.25) is 0 Å². The van der Waals surface area contributed by atoms with E-state index in [9.17, 15) is 0 Å². The van der Waals surface area contributed by atoms with E-state index in [1.165, 1.54) is 0 Å². The molecule has 1 atom stereocenters. The first-order valence-electron chi connectivity index (χ1n) is 8.15. The van der Waals surface area contributed by atoms with Gasteiger partial charge in [0.25, 0.3) is 0 Å². The molecule has 1 aliphatic rings. The van der Waals surface area contributed by atoms with Crippen LogP contribution in [0.2, 0.25) is 0 Å². The van der Waals surface area contributed by atoms with Crippen LogP contribution in [0.25, 0.3) is 0 Å². The minimum Gasteiger partial charge on any atom is -0.497 e. The molecule has 0 bridgehead atoms. The Morgan fingerprint density at radius 1 is 1.35 bits per heavy atom. The first kappa shape index (κ1) is 17.4. The van der Waals surface area contributed by atoms with E-state index in [2.05, 4.69) is 15.6 Å². The topological polar surface area (TPSA) is 64.1 Å². The average Bonchev–Trinajstić information content (AvgIpc) is 3.11. The molecule has 23 heavy (non-hydrogen) atoms. The summed E-state index contributed by atoms with van der Waals surface area (Å²) >= 11 is 0. The fourth-order valence-corrected chi connectivity index (χ4v) is 2.40. The van der Waals surface area contributed by atoms with E-state index in [1.807, 2.05) is 24.3 Å². The number of rotatable bonds is 8. The summed E-state index contributed by atoms with van der Waals surface area (Å²) in [6.45, 7) is 3.12.